The van der Waals surface area contributed by atoms with Crippen LogP contribution >= 0.6 is 0 Å². The Bertz CT molecular complexity index is 323. The minimum Gasteiger partial charge on any atom is -0.260 e. The predicted molar refractivity (Wildman–Crippen MR) is 46.1 cm³/mol. The molecule has 54 valence electrons. The van der Waals surface area contributed by atoms with Crippen molar-refractivity contribution in [3.63, 3.8) is 0 Å². The van der Waals surface area contributed by atoms with Crippen LogP contribution in [-0.2, 0) is 6.42 Å². The summed E-state index contributed by atoms with van der Waals surface area (Å²) >= 11 is 0. The number of fused-ring (bicyclic) bond motifs is 1. The van der Waals surface area contributed by atoms with Crippen molar-refractivity contribution in [2.45, 2.75) is 6.42 Å². The average molecular weight is 143 g/mol. The average Bonchev–Trinajstić information content (AvgIpc) is 2.04. The lowest BCUT2D eigenvalue weighted by Crippen LogP contribution is -1.98. The Hall–Kier alpha value is -1.37. The third-order valence-corrected chi connectivity index (χ3v) is 1.82. The fourth-order valence-electron chi connectivity index (χ4n) is 1.23. The molecule has 0 bridgehead atoms. The van der Waals surface area contributed by atoms with Crippen molar-refractivity contribution < 1.29 is 0 Å². The molecule has 0 N–H and O–H groups in total. The fraction of sp³-hybridized carbons (Fsp3) is 0.100. The Kier molecular flexibility index (Phi) is 1.35. The second kappa shape index (κ2) is 2.35. The fourth-order valence-corrected chi connectivity index (χ4v) is 1.23. The van der Waals surface area contributed by atoms with Crippen molar-refractivity contribution in [3.05, 3.63) is 47.8 Å². The summed E-state index contributed by atoms with van der Waals surface area (Å²) in [4.78, 5) is 4.26. The Morgan fingerprint density at radius 3 is 3.18 bits per heavy atom. The molecule has 1 aromatic rings. The summed E-state index contributed by atoms with van der Waals surface area (Å²) in [6, 6.07) is 4.03. The Labute approximate surface area is 66.1 Å². The largest absolute Gasteiger partial charge is 0.260 e. The van der Waals surface area contributed by atoms with E-state index >= 15 is 0 Å². The van der Waals surface area contributed by atoms with Crippen LogP contribution in [0.3, 0.4) is 0 Å². The molecule has 0 unspecified atom stereocenters. The van der Waals surface area contributed by atoms with E-state index < -0.39 is 0 Å². The number of rotatable bonds is 0. The van der Waals surface area contributed by atoms with Crippen LogP contribution in [0.4, 0.5) is 0 Å². The first-order valence-corrected chi connectivity index (χ1v) is 3.66. The molecule has 0 amide bonds. The van der Waals surface area contributed by atoms with Gasteiger partial charge in [0.25, 0.3) is 0 Å². The molecule has 2 rings (SSSR count). The normalized spacial score (nSPS) is 14.7. The number of aromatic nitrogens is 1. The van der Waals surface area contributed by atoms with Gasteiger partial charge in [-0.25, -0.2) is 0 Å². The molecule has 0 saturated carbocycles. The van der Waals surface area contributed by atoms with Crippen LogP contribution in [0.25, 0.3) is 6.08 Å². The number of hydrogen-bond acceptors (Lipinski definition) is 1. The quantitative estimate of drug-likeness (QED) is 0.542. The highest BCUT2D eigenvalue weighted by Gasteiger charge is 2.05. The Morgan fingerprint density at radius 1 is 1.36 bits per heavy atom. The molecule has 0 aromatic carbocycles. The van der Waals surface area contributed by atoms with E-state index in [1.54, 1.807) is 0 Å². The van der Waals surface area contributed by atoms with Crippen LogP contribution in [0.5, 0.6) is 0 Å². The third-order valence-electron chi connectivity index (χ3n) is 1.82. The third kappa shape index (κ3) is 1.09. The lowest BCUT2D eigenvalue weighted by molar-refractivity contribution is 1.06. The van der Waals surface area contributed by atoms with E-state index in [2.05, 4.69) is 23.7 Å². The van der Waals surface area contributed by atoms with Gasteiger partial charge in [-0.1, -0.05) is 24.8 Å². The van der Waals surface area contributed by atoms with E-state index in [0.29, 0.717) is 0 Å². The number of allylic oxidation sites excluding steroid dienone is 2. The van der Waals surface area contributed by atoms with E-state index in [9.17, 15) is 0 Å². The first-order chi connectivity index (χ1) is 5.36. The number of hydrogen-bond donors (Lipinski definition) is 0. The van der Waals surface area contributed by atoms with Crippen LogP contribution in [0.15, 0.2) is 36.6 Å². The second-order valence-corrected chi connectivity index (χ2v) is 2.71. The van der Waals surface area contributed by atoms with Gasteiger partial charge in [0.2, 0.25) is 0 Å². The van der Waals surface area contributed by atoms with Gasteiger partial charge in [-0.15, -0.1) is 0 Å². The van der Waals surface area contributed by atoms with Gasteiger partial charge in [0.15, 0.2) is 0 Å². The molecule has 0 spiro atoms. The molecule has 1 aliphatic rings. The summed E-state index contributed by atoms with van der Waals surface area (Å²) in [7, 11) is 0. The second-order valence-electron chi connectivity index (χ2n) is 2.71. The highest BCUT2D eigenvalue weighted by atomic mass is 14.7. The van der Waals surface area contributed by atoms with E-state index in [-0.39, 0.29) is 0 Å². The first kappa shape index (κ1) is 6.35. The molecule has 11 heavy (non-hydrogen) atoms. The SMILES string of the molecule is C=C1C=Cc2cccnc2C1. The summed E-state index contributed by atoms with van der Waals surface area (Å²) in [5.41, 5.74) is 3.50. The van der Waals surface area contributed by atoms with E-state index in [1.165, 1.54) is 5.56 Å². The van der Waals surface area contributed by atoms with Crippen molar-refractivity contribution in [3.8, 4) is 0 Å². The summed E-state index contributed by atoms with van der Waals surface area (Å²) < 4.78 is 0. The van der Waals surface area contributed by atoms with Crippen molar-refractivity contribution in [2.75, 3.05) is 0 Å². The van der Waals surface area contributed by atoms with Crippen LogP contribution in [0.1, 0.15) is 11.3 Å². The molecule has 1 heteroatoms. The maximum absolute atomic E-state index is 4.26. The lowest BCUT2D eigenvalue weighted by atomic mass is 10.00. The standard InChI is InChI=1S/C10H9N/c1-8-4-5-9-3-2-6-11-10(9)7-8/h2-6H,1,7H2. The van der Waals surface area contributed by atoms with Gasteiger partial charge in [0.05, 0.1) is 5.69 Å². The van der Waals surface area contributed by atoms with Gasteiger partial charge in [-0.05, 0) is 17.2 Å². The molecule has 0 radical (unpaired) electrons. The maximum Gasteiger partial charge on any atom is 0.0519 e. The van der Waals surface area contributed by atoms with E-state index in [4.69, 9.17) is 0 Å². The summed E-state index contributed by atoms with van der Waals surface area (Å²) in [5.74, 6) is 0. The van der Waals surface area contributed by atoms with Gasteiger partial charge in [-0.2, -0.15) is 0 Å². The van der Waals surface area contributed by atoms with Crippen molar-refractivity contribution in [1.29, 1.82) is 0 Å². The topological polar surface area (TPSA) is 12.9 Å². The molecule has 1 heterocycles. The Morgan fingerprint density at radius 2 is 2.27 bits per heavy atom. The monoisotopic (exact) mass is 143 g/mol. The Balaban J connectivity index is 2.54. The summed E-state index contributed by atoms with van der Waals surface area (Å²) in [6.07, 6.45) is 6.83. The highest BCUT2D eigenvalue weighted by Crippen LogP contribution is 2.18. The van der Waals surface area contributed by atoms with Gasteiger partial charge in [0, 0.05) is 12.6 Å². The van der Waals surface area contributed by atoms with Gasteiger partial charge < -0.3 is 0 Å². The summed E-state index contributed by atoms with van der Waals surface area (Å²) in [5, 5.41) is 0. The summed E-state index contributed by atoms with van der Waals surface area (Å²) in [6.45, 7) is 3.89. The minimum absolute atomic E-state index is 0.896. The number of pyridine rings is 1. The van der Waals surface area contributed by atoms with Crippen LogP contribution in [0, 0.1) is 0 Å². The molecule has 0 saturated heterocycles. The van der Waals surface area contributed by atoms with Crippen molar-refractivity contribution in [2.24, 2.45) is 0 Å². The van der Waals surface area contributed by atoms with Gasteiger partial charge >= 0.3 is 0 Å². The smallest absolute Gasteiger partial charge is 0.0519 e. The van der Waals surface area contributed by atoms with E-state index in [0.717, 1.165) is 17.7 Å². The maximum atomic E-state index is 4.26. The first-order valence-electron chi connectivity index (χ1n) is 3.66. The van der Waals surface area contributed by atoms with Crippen LogP contribution < -0.4 is 0 Å². The van der Waals surface area contributed by atoms with Crippen LogP contribution in [0.2, 0.25) is 0 Å². The molecule has 0 aliphatic heterocycles. The molecular weight excluding hydrogens is 134 g/mol. The lowest BCUT2D eigenvalue weighted by Gasteiger charge is -2.09. The predicted octanol–water partition coefficient (Wildman–Crippen LogP) is 2.21. The highest BCUT2D eigenvalue weighted by molar-refractivity contribution is 5.59. The molecule has 1 aliphatic carbocycles. The molecular formula is C10H9N. The molecule has 1 nitrogen and oxygen atoms in total. The zero-order chi connectivity index (χ0) is 7.68. The van der Waals surface area contributed by atoms with Gasteiger partial charge in [0.1, 0.15) is 0 Å². The van der Waals surface area contributed by atoms with Crippen molar-refractivity contribution >= 4 is 6.08 Å². The van der Waals surface area contributed by atoms with Crippen LogP contribution in [-0.4, -0.2) is 4.98 Å². The number of nitrogens with zero attached hydrogens (tertiary/aromatic N) is 1. The molecule has 1 aromatic heterocycles. The molecule has 0 atom stereocenters. The minimum atomic E-state index is 0.896. The van der Waals surface area contributed by atoms with E-state index in [1.807, 2.05) is 18.3 Å². The zero-order valence-corrected chi connectivity index (χ0v) is 6.25. The zero-order valence-electron chi connectivity index (χ0n) is 6.25. The molecule has 0 fully saturated rings. The van der Waals surface area contributed by atoms with Crippen molar-refractivity contribution in [1.82, 2.24) is 4.98 Å². The van der Waals surface area contributed by atoms with Gasteiger partial charge in [-0.3, -0.25) is 4.98 Å².